The molecule has 0 atom stereocenters. The van der Waals surface area contributed by atoms with Crippen LogP contribution < -0.4 is 19.5 Å². The molecule has 0 unspecified atom stereocenters. The number of nitrogens with zero attached hydrogens (tertiary/aromatic N) is 3. The second-order valence-corrected chi connectivity index (χ2v) is 6.03. The summed E-state index contributed by atoms with van der Waals surface area (Å²) in [7, 11) is 4.65. The van der Waals surface area contributed by atoms with Crippen molar-refractivity contribution in [1.82, 2.24) is 19.9 Å². The van der Waals surface area contributed by atoms with Crippen LogP contribution in [-0.4, -0.2) is 41.8 Å². The first-order valence-electron chi connectivity index (χ1n) is 8.37. The number of fused-ring (bicyclic) bond motifs is 1. The van der Waals surface area contributed by atoms with Crippen molar-refractivity contribution >= 4 is 11.6 Å². The van der Waals surface area contributed by atoms with Crippen LogP contribution in [0.2, 0.25) is 0 Å². The largest absolute Gasteiger partial charge is 0.493 e. The summed E-state index contributed by atoms with van der Waals surface area (Å²) in [6, 6.07) is 5.46. The second-order valence-electron chi connectivity index (χ2n) is 6.03. The second kappa shape index (κ2) is 7.53. The van der Waals surface area contributed by atoms with Crippen LogP contribution in [0.1, 0.15) is 27.3 Å². The molecule has 0 spiro atoms. The van der Waals surface area contributed by atoms with Crippen LogP contribution >= 0.6 is 0 Å². The highest BCUT2D eigenvalue weighted by molar-refractivity contribution is 5.95. The molecule has 3 rings (SSSR count). The summed E-state index contributed by atoms with van der Waals surface area (Å²) in [6.07, 6.45) is 1.57. The molecule has 0 saturated heterocycles. The number of carbonyl (C=O) groups excluding carboxylic acids is 1. The molecule has 0 aliphatic rings. The van der Waals surface area contributed by atoms with Crippen molar-refractivity contribution < 1.29 is 19.0 Å². The highest BCUT2D eigenvalue weighted by Crippen LogP contribution is 2.38. The van der Waals surface area contributed by atoms with E-state index in [2.05, 4.69) is 15.4 Å². The lowest BCUT2D eigenvalue weighted by atomic mass is 10.1. The van der Waals surface area contributed by atoms with E-state index in [-0.39, 0.29) is 5.91 Å². The molecular weight excluding hydrogens is 348 g/mol. The van der Waals surface area contributed by atoms with Crippen LogP contribution in [0, 0.1) is 13.8 Å². The number of rotatable bonds is 6. The van der Waals surface area contributed by atoms with Gasteiger partial charge >= 0.3 is 0 Å². The number of hydrogen-bond donors (Lipinski definition) is 1. The van der Waals surface area contributed by atoms with Crippen molar-refractivity contribution in [3.8, 4) is 17.2 Å². The van der Waals surface area contributed by atoms with Gasteiger partial charge in [-0.3, -0.25) is 4.79 Å². The van der Waals surface area contributed by atoms with Gasteiger partial charge < -0.3 is 19.5 Å². The average Bonchev–Trinajstić information content (AvgIpc) is 3.06. The summed E-state index contributed by atoms with van der Waals surface area (Å²) in [5.41, 5.74) is 3.58. The Kier molecular flexibility index (Phi) is 5.16. The number of carbonyl (C=O) groups is 1. The fourth-order valence-electron chi connectivity index (χ4n) is 2.90. The zero-order chi connectivity index (χ0) is 19.6. The Bertz CT molecular complexity index is 972. The molecule has 8 heteroatoms. The normalized spacial score (nSPS) is 10.7. The SMILES string of the molecule is COc1cc(CNC(=O)c2cnc3cc(C)nn3c2C)cc(OC)c1OC. The molecule has 0 bridgehead atoms. The van der Waals surface area contributed by atoms with Crippen molar-refractivity contribution in [1.29, 1.82) is 0 Å². The van der Waals surface area contributed by atoms with Gasteiger partial charge in [0.2, 0.25) is 5.75 Å². The Hall–Kier alpha value is -3.29. The minimum absolute atomic E-state index is 0.233. The molecule has 3 aromatic rings. The van der Waals surface area contributed by atoms with Crippen molar-refractivity contribution in [3.63, 3.8) is 0 Å². The first-order chi connectivity index (χ1) is 13.0. The van der Waals surface area contributed by atoms with Gasteiger partial charge in [-0.2, -0.15) is 5.10 Å². The van der Waals surface area contributed by atoms with E-state index in [4.69, 9.17) is 14.2 Å². The summed E-state index contributed by atoms with van der Waals surface area (Å²) in [5.74, 6) is 1.35. The molecule has 0 fully saturated rings. The highest BCUT2D eigenvalue weighted by Gasteiger charge is 2.16. The molecule has 0 saturated carbocycles. The molecule has 2 aromatic heterocycles. The first kappa shape index (κ1) is 18.5. The molecule has 2 heterocycles. The minimum atomic E-state index is -0.233. The van der Waals surface area contributed by atoms with Gasteiger partial charge in [-0.05, 0) is 31.5 Å². The Balaban J connectivity index is 1.82. The van der Waals surface area contributed by atoms with Crippen molar-refractivity contribution in [2.75, 3.05) is 21.3 Å². The third-order valence-electron chi connectivity index (χ3n) is 4.27. The fourth-order valence-corrected chi connectivity index (χ4v) is 2.90. The molecule has 27 heavy (non-hydrogen) atoms. The third-order valence-corrected chi connectivity index (χ3v) is 4.27. The Morgan fingerprint density at radius 3 is 2.33 bits per heavy atom. The molecule has 1 N–H and O–H groups in total. The van der Waals surface area contributed by atoms with Crippen LogP contribution in [0.5, 0.6) is 17.2 Å². The summed E-state index contributed by atoms with van der Waals surface area (Å²) < 4.78 is 17.7. The van der Waals surface area contributed by atoms with E-state index in [1.54, 1.807) is 44.2 Å². The zero-order valence-corrected chi connectivity index (χ0v) is 16.0. The fraction of sp³-hybridized carbons (Fsp3) is 0.316. The maximum Gasteiger partial charge on any atom is 0.254 e. The van der Waals surface area contributed by atoms with Crippen LogP contribution in [0.3, 0.4) is 0 Å². The Labute approximate surface area is 157 Å². The van der Waals surface area contributed by atoms with E-state index in [1.807, 2.05) is 19.9 Å². The Morgan fingerprint density at radius 2 is 1.74 bits per heavy atom. The van der Waals surface area contributed by atoms with Crippen molar-refractivity contribution in [2.45, 2.75) is 20.4 Å². The van der Waals surface area contributed by atoms with Gasteiger partial charge in [0, 0.05) is 18.8 Å². The van der Waals surface area contributed by atoms with Gasteiger partial charge in [0.1, 0.15) is 0 Å². The summed E-state index contributed by atoms with van der Waals surface area (Å²) in [4.78, 5) is 16.9. The predicted molar refractivity (Wildman–Crippen MR) is 99.7 cm³/mol. The smallest absolute Gasteiger partial charge is 0.254 e. The molecule has 1 aromatic carbocycles. The standard InChI is InChI=1S/C19H22N4O4/c1-11-6-17-20-10-14(12(2)23(17)22-11)19(24)21-9-13-7-15(25-3)18(27-5)16(8-13)26-4/h6-8,10H,9H2,1-5H3,(H,21,24). The summed E-state index contributed by atoms with van der Waals surface area (Å²) >= 11 is 0. The number of aromatic nitrogens is 3. The number of amides is 1. The van der Waals surface area contributed by atoms with Crippen molar-refractivity contribution in [2.24, 2.45) is 0 Å². The van der Waals surface area contributed by atoms with Crippen LogP contribution in [0.15, 0.2) is 24.4 Å². The quantitative estimate of drug-likeness (QED) is 0.716. The first-order valence-corrected chi connectivity index (χ1v) is 8.37. The van der Waals surface area contributed by atoms with Crippen molar-refractivity contribution in [3.05, 3.63) is 46.9 Å². The van der Waals surface area contributed by atoms with Gasteiger partial charge in [0.25, 0.3) is 5.91 Å². The molecule has 1 amide bonds. The average molecular weight is 370 g/mol. The van der Waals surface area contributed by atoms with Crippen LogP contribution in [-0.2, 0) is 6.54 Å². The topological polar surface area (TPSA) is 87.0 Å². The summed E-state index contributed by atoms with van der Waals surface area (Å²) in [6.45, 7) is 4.03. The number of ether oxygens (including phenoxy) is 3. The van der Waals surface area contributed by atoms with E-state index >= 15 is 0 Å². The molecule has 0 aliphatic carbocycles. The number of hydrogen-bond acceptors (Lipinski definition) is 6. The third kappa shape index (κ3) is 3.51. The van der Waals surface area contributed by atoms with E-state index in [1.165, 1.54) is 0 Å². The van der Waals surface area contributed by atoms with Crippen LogP contribution in [0.4, 0.5) is 0 Å². The van der Waals surface area contributed by atoms with Gasteiger partial charge in [-0.15, -0.1) is 0 Å². The number of aryl methyl sites for hydroxylation is 2. The van der Waals surface area contributed by atoms with E-state index < -0.39 is 0 Å². The number of methoxy groups -OCH3 is 3. The van der Waals surface area contributed by atoms with Gasteiger partial charge in [-0.1, -0.05) is 0 Å². The lowest BCUT2D eigenvalue weighted by Gasteiger charge is -2.14. The van der Waals surface area contributed by atoms with E-state index in [9.17, 15) is 4.79 Å². The summed E-state index contributed by atoms with van der Waals surface area (Å²) in [5, 5.41) is 7.26. The van der Waals surface area contributed by atoms with Gasteiger partial charge in [-0.25, -0.2) is 9.50 Å². The number of nitrogens with one attached hydrogen (secondary N) is 1. The predicted octanol–water partition coefficient (Wildman–Crippen LogP) is 2.30. The molecule has 0 aliphatic heterocycles. The molecular formula is C19H22N4O4. The van der Waals surface area contributed by atoms with E-state index in [0.717, 1.165) is 17.0 Å². The molecule has 8 nitrogen and oxygen atoms in total. The van der Waals surface area contributed by atoms with E-state index in [0.29, 0.717) is 35.0 Å². The molecule has 142 valence electrons. The lowest BCUT2D eigenvalue weighted by molar-refractivity contribution is 0.0949. The number of benzene rings is 1. The van der Waals surface area contributed by atoms with Gasteiger partial charge in [0.05, 0.1) is 38.3 Å². The maximum absolute atomic E-state index is 12.6. The van der Waals surface area contributed by atoms with Gasteiger partial charge in [0.15, 0.2) is 17.1 Å². The zero-order valence-electron chi connectivity index (χ0n) is 16.0. The van der Waals surface area contributed by atoms with Crippen LogP contribution in [0.25, 0.3) is 5.65 Å². The molecule has 0 radical (unpaired) electrons. The highest BCUT2D eigenvalue weighted by atomic mass is 16.5. The maximum atomic E-state index is 12.6. The monoisotopic (exact) mass is 370 g/mol. The Morgan fingerprint density at radius 1 is 1.07 bits per heavy atom. The lowest BCUT2D eigenvalue weighted by Crippen LogP contribution is -2.24. The minimum Gasteiger partial charge on any atom is -0.493 e.